The number of esters is 1. The molecule has 0 bridgehead atoms. The van der Waals surface area contributed by atoms with Gasteiger partial charge in [-0.15, -0.1) is 0 Å². The predicted octanol–water partition coefficient (Wildman–Crippen LogP) is 8.72. The number of alkyl carbamates (subject to hydrolysis) is 1. The first-order chi connectivity index (χ1) is 30.6. The molecule has 2 N–H and O–H groups in total. The van der Waals surface area contributed by atoms with Gasteiger partial charge in [0.05, 0.1) is 24.6 Å². The number of amides is 2. The monoisotopic (exact) mass is 923 g/mol. The summed E-state index contributed by atoms with van der Waals surface area (Å²) in [7, 11) is 3.10. The topological polar surface area (TPSA) is 168 Å². The van der Waals surface area contributed by atoms with Gasteiger partial charge in [-0.2, -0.15) is 0 Å². The van der Waals surface area contributed by atoms with Crippen LogP contribution in [0, 0.1) is 11.7 Å². The molecule has 3 heterocycles. The van der Waals surface area contributed by atoms with Crippen LogP contribution in [0.25, 0.3) is 11.0 Å². The Morgan fingerprint density at radius 3 is 2.34 bits per heavy atom. The summed E-state index contributed by atoms with van der Waals surface area (Å²) in [5, 5.41) is 7.26. The van der Waals surface area contributed by atoms with Gasteiger partial charge in [0, 0.05) is 50.4 Å². The van der Waals surface area contributed by atoms with E-state index in [9.17, 15) is 14.4 Å². The minimum atomic E-state index is -1.00. The number of benzene rings is 2. The van der Waals surface area contributed by atoms with Crippen molar-refractivity contribution in [3.05, 3.63) is 77.5 Å². The molecule has 65 heavy (non-hydrogen) atoms. The summed E-state index contributed by atoms with van der Waals surface area (Å²) in [6, 6.07) is 12.1. The summed E-state index contributed by atoms with van der Waals surface area (Å²) in [6.45, 7) is 16.1. The van der Waals surface area contributed by atoms with E-state index in [-0.39, 0.29) is 49.4 Å². The van der Waals surface area contributed by atoms with E-state index in [4.69, 9.17) is 40.0 Å². The molecular formula is C47H63ClFN7O9. The van der Waals surface area contributed by atoms with Crippen molar-refractivity contribution < 1.29 is 47.2 Å². The number of carbonyl (C=O) groups is 3. The minimum absolute atomic E-state index is 0.0271. The Morgan fingerprint density at radius 2 is 1.68 bits per heavy atom. The maximum Gasteiger partial charge on any atom is 0.410 e. The second kappa shape index (κ2) is 20.5. The number of rotatable bonds is 17. The van der Waals surface area contributed by atoms with Gasteiger partial charge in [0.15, 0.2) is 17.4 Å². The molecular weight excluding hydrogens is 861 g/mol. The average molecular weight is 925 g/mol. The van der Waals surface area contributed by atoms with Crippen LogP contribution in [0.1, 0.15) is 86.3 Å². The zero-order valence-corrected chi connectivity index (χ0v) is 39.7. The van der Waals surface area contributed by atoms with Gasteiger partial charge in [0.2, 0.25) is 0 Å². The van der Waals surface area contributed by atoms with Crippen molar-refractivity contribution >= 4 is 46.6 Å². The number of halogens is 2. The molecule has 6 rings (SSSR count). The van der Waals surface area contributed by atoms with Crippen LogP contribution < -0.4 is 15.4 Å². The first-order valence-corrected chi connectivity index (χ1v) is 22.3. The first-order valence-electron chi connectivity index (χ1n) is 22.0. The molecule has 1 aliphatic heterocycles. The van der Waals surface area contributed by atoms with Crippen molar-refractivity contribution in [2.24, 2.45) is 5.92 Å². The van der Waals surface area contributed by atoms with Gasteiger partial charge >= 0.3 is 18.2 Å². The first kappa shape index (κ1) is 49.2. The number of nitrogens with one attached hydrogen (secondary N) is 2. The Morgan fingerprint density at radius 1 is 0.969 bits per heavy atom. The highest BCUT2D eigenvalue weighted by Crippen LogP contribution is 2.48. The number of ether oxygens (including phenoxy) is 6. The van der Waals surface area contributed by atoms with Gasteiger partial charge in [-0.25, -0.2) is 28.7 Å². The molecule has 2 aromatic carbocycles. The number of methoxy groups -OCH3 is 1. The third-order valence-electron chi connectivity index (χ3n) is 11.0. The van der Waals surface area contributed by atoms with Crippen LogP contribution in [0.15, 0.2) is 61.1 Å². The molecule has 1 saturated heterocycles. The van der Waals surface area contributed by atoms with E-state index in [2.05, 4.69) is 30.1 Å². The molecule has 2 amide bonds. The molecule has 5 atom stereocenters. The molecule has 16 nitrogen and oxygen atoms in total. The van der Waals surface area contributed by atoms with E-state index in [0.29, 0.717) is 48.8 Å². The summed E-state index contributed by atoms with van der Waals surface area (Å²) in [5.41, 5.74) is -0.255. The number of hydrogen-bond acceptors (Lipinski definition) is 13. The molecule has 18 heteroatoms. The molecule has 1 saturated carbocycles. The van der Waals surface area contributed by atoms with Crippen LogP contribution in [-0.2, 0) is 35.0 Å². The van der Waals surface area contributed by atoms with Crippen LogP contribution in [0.5, 0.6) is 11.5 Å². The fourth-order valence-corrected chi connectivity index (χ4v) is 8.47. The fraction of sp³-hybridized carbons (Fsp3) is 0.553. The Kier molecular flexibility index (Phi) is 15.5. The molecule has 2 aliphatic rings. The van der Waals surface area contributed by atoms with Crippen LogP contribution in [-0.4, -0.2) is 118 Å². The van der Waals surface area contributed by atoms with E-state index < -0.39 is 47.0 Å². The number of nitrogens with zero attached hydrogens (tertiary/aromatic N) is 5. The third-order valence-corrected chi connectivity index (χ3v) is 11.3. The van der Waals surface area contributed by atoms with Crippen molar-refractivity contribution in [3.63, 3.8) is 0 Å². The lowest BCUT2D eigenvalue weighted by atomic mass is 10.0. The lowest BCUT2D eigenvalue weighted by Crippen LogP contribution is -2.46. The maximum atomic E-state index is 15.5. The van der Waals surface area contributed by atoms with Gasteiger partial charge < -0.3 is 53.4 Å². The highest BCUT2D eigenvalue weighted by atomic mass is 35.5. The number of aromatic nitrogens is 3. The Bertz CT molecular complexity index is 2280. The summed E-state index contributed by atoms with van der Waals surface area (Å²) in [6.07, 6.45) is 3.05. The van der Waals surface area contributed by atoms with Crippen LogP contribution in [0.4, 0.5) is 19.8 Å². The summed E-state index contributed by atoms with van der Waals surface area (Å²) in [5.74, 6) is -0.906. The van der Waals surface area contributed by atoms with E-state index in [1.807, 2.05) is 33.2 Å². The van der Waals surface area contributed by atoms with E-state index >= 15 is 4.39 Å². The van der Waals surface area contributed by atoms with Gasteiger partial charge in [0.25, 0.3) is 0 Å². The van der Waals surface area contributed by atoms with Crippen molar-refractivity contribution in [2.45, 2.75) is 122 Å². The third kappa shape index (κ3) is 13.2. The SMILES string of the molecule is CNc1ncnc2c1ccn2[C@@H]1C[C@H](CN(CCCN(Cc2ccc(Oc3ccc(Cl)cc3)c(F)c2)C(=O)OC(C)(C)C)CC[C@H](NC(=O)OC(C)(C)C)C(=O)OC)[C@H]2OC(C)(C)O[C@H]21. The molecule has 0 radical (unpaired) electrons. The fourth-order valence-electron chi connectivity index (χ4n) is 8.35. The number of anilines is 1. The molecule has 0 unspecified atom stereocenters. The van der Waals surface area contributed by atoms with Crippen LogP contribution in [0.2, 0.25) is 5.02 Å². The molecule has 1 aliphatic carbocycles. The molecule has 4 aromatic rings. The van der Waals surface area contributed by atoms with Gasteiger partial charge in [-0.3, -0.25) is 0 Å². The normalized spacial score (nSPS) is 19.7. The highest BCUT2D eigenvalue weighted by Gasteiger charge is 2.55. The van der Waals surface area contributed by atoms with Gasteiger partial charge in [-0.1, -0.05) is 17.7 Å². The predicted molar refractivity (Wildman–Crippen MR) is 243 cm³/mol. The molecule has 354 valence electrons. The van der Waals surface area contributed by atoms with Crippen molar-refractivity contribution in [1.82, 2.24) is 29.7 Å². The standard InChI is InChI=1S/C47H63ClFN7O9/c1-45(2,3)64-43(58)53-35(42(57)60-10)19-22-54(27-30-25-36(39-38(30)62-47(7,8)63-39)56-23-18-33-40(50-9)51-28-52-41(33)56)20-11-21-55(44(59)65-46(4,5)6)26-29-12-17-37(34(49)24-29)61-32-15-13-31(48)14-16-32/h12-18,23-24,28,30,35-36,38-39H,11,19-22,25-27H2,1-10H3,(H,53,58)(H,50,51,52)/t30-,35+,36-,38-,39+/m1/s1. The lowest BCUT2D eigenvalue weighted by Gasteiger charge is -2.31. The summed E-state index contributed by atoms with van der Waals surface area (Å²) >= 11 is 6.00. The van der Waals surface area contributed by atoms with E-state index in [1.54, 1.807) is 83.1 Å². The van der Waals surface area contributed by atoms with Crippen molar-refractivity contribution in [1.29, 1.82) is 0 Å². The number of hydrogen-bond donors (Lipinski definition) is 2. The largest absolute Gasteiger partial charge is 0.467 e. The highest BCUT2D eigenvalue weighted by molar-refractivity contribution is 6.30. The van der Waals surface area contributed by atoms with Gasteiger partial charge in [-0.05, 0) is 129 Å². The van der Waals surface area contributed by atoms with E-state index in [0.717, 1.165) is 16.9 Å². The average Bonchev–Trinajstić information content (AvgIpc) is 3.89. The lowest BCUT2D eigenvalue weighted by molar-refractivity contribution is -0.161. The summed E-state index contributed by atoms with van der Waals surface area (Å²) in [4.78, 5) is 52.5. The van der Waals surface area contributed by atoms with Crippen LogP contribution >= 0.6 is 11.6 Å². The van der Waals surface area contributed by atoms with Crippen molar-refractivity contribution in [2.75, 3.05) is 45.7 Å². The second-order valence-corrected chi connectivity index (χ2v) is 19.4. The molecule has 2 aromatic heterocycles. The Labute approximate surface area is 385 Å². The van der Waals surface area contributed by atoms with E-state index in [1.165, 1.54) is 19.2 Å². The summed E-state index contributed by atoms with van der Waals surface area (Å²) < 4.78 is 53.0. The second-order valence-electron chi connectivity index (χ2n) is 18.9. The zero-order chi connectivity index (χ0) is 47.3. The molecule has 0 spiro atoms. The number of fused-ring (bicyclic) bond motifs is 2. The maximum absolute atomic E-state index is 15.5. The smallest absolute Gasteiger partial charge is 0.410 e. The van der Waals surface area contributed by atoms with Crippen LogP contribution in [0.3, 0.4) is 0 Å². The minimum Gasteiger partial charge on any atom is -0.467 e. The molecule has 2 fully saturated rings. The zero-order valence-electron chi connectivity index (χ0n) is 39.0. The van der Waals surface area contributed by atoms with Crippen molar-refractivity contribution in [3.8, 4) is 11.5 Å². The van der Waals surface area contributed by atoms with Gasteiger partial charge in [0.1, 0.15) is 46.9 Å². The number of carbonyl (C=O) groups excluding carboxylic acids is 3. The Balaban J connectivity index is 1.23. The quantitative estimate of drug-likeness (QED) is 0.0763. The Hall–Kier alpha value is -5.23.